The first kappa shape index (κ1) is 18.6. The normalized spacial score (nSPS) is 19.4. The molecule has 0 spiro atoms. The number of aryl methyl sites for hydroxylation is 1. The molecule has 1 amide bonds. The van der Waals surface area contributed by atoms with E-state index in [4.69, 9.17) is 9.47 Å². The summed E-state index contributed by atoms with van der Waals surface area (Å²) in [7, 11) is 3.60. The molecule has 0 bridgehead atoms. The van der Waals surface area contributed by atoms with Gasteiger partial charge in [-0.25, -0.2) is 4.79 Å². The lowest BCUT2D eigenvalue weighted by atomic mass is 9.95. The topological polar surface area (TPSA) is 68.6 Å². The number of carbonyl (C=O) groups excluding carboxylic acids is 1. The Kier molecular flexibility index (Phi) is 5.74. The second-order valence-corrected chi connectivity index (χ2v) is 7.16. The molecule has 7 nitrogen and oxygen atoms in total. The number of methoxy groups -OCH3 is 1. The maximum Gasteiger partial charge on any atom is 0.410 e. The quantitative estimate of drug-likeness (QED) is 0.893. The van der Waals surface area contributed by atoms with Crippen molar-refractivity contribution >= 4 is 6.09 Å². The summed E-state index contributed by atoms with van der Waals surface area (Å²) < 4.78 is 12.9. The van der Waals surface area contributed by atoms with E-state index in [0.717, 1.165) is 24.4 Å². The average Bonchev–Trinajstić information content (AvgIpc) is 3.13. The Labute approximate surface area is 144 Å². The zero-order chi connectivity index (χ0) is 17.9. The molecule has 1 aromatic heterocycles. The SMILES string of the molecule is CCn1ncc(OC)c1C(NC)C1CCN(C(=O)OC(C)(C)C)C1. The first-order chi connectivity index (χ1) is 11.3. The summed E-state index contributed by atoms with van der Waals surface area (Å²) in [5.74, 6) is 1.07. The van der Waals surface area contributed by atoms with Gasteiger partial charge in [-0.05, 0) is 47.1 Å². The lowest BCUT2D eigenvalue weighted by Gasteiger charge is -2.26. The number of likely N-dealkylation sites (tertiary alicyclic amines) is 1. The van der Waals surface area contributed by atoms with Gasteiger partial charge in [0.1, 0.15) is 5.60 Å². The van der Waals surface area contributed by atoms with Gasteiger partial charge in [0.05, 0.1) is 25.0 Å². The summed E-state index contributed by atoms with van der Waals surface area (Å²) >= 11 is 0. The van der Waals surface area contributed by atoms with E-state index in [1.807, 2.05) is 32.5 Å². The molecule has 2 rings (SSSR count). The Bertz CT molecular complexity index is 543. The number of nitrogens with one attached hydrogen (secondary N) is 1. The molecule has 2 heterocycles. The standard InChI is InChI=1S/C17H30N4O3/c1-7-21-15(13(23-6)10-19-21)14(18-5)12-8-9-20(11-12)16(22)24-17(2,3)4/h10,12,14,18H,7-9,11H2,1-6H3. The molecule has 136 valence electrons. The van der Waals surface area contributed by atoms with E-state index < -0.39 is 5.60 Å². The maximum absolute atomic E-state index is 12.3. The first-order valence-corrected chi connectivity index (χ1v) is 8.55. The van der Waals surface area contributed by atoms with E-state index in [2.05, 4.69) is 17.3 Å². The van der Waals surface area contributed by atoms with Gasteiger partial charge in [-0.1, -0.05) is 0 Å². The monoisotopic (exact) mass is 338 g/mol. The highest BCUT2D eigenvalue weighted by Crippen LogP contribution is 2.35. The lowest BCUT2D eigenvalue weighted by molar-refractivity contribution is 0.0285. The third-order valence-corrected chi connectivity index (χ3v) is 4.32. The molecule has 0 radical (unpaired) electrons. The number of rotatable bonds is 5. The van der Waals surface area contributed by atoms with Crippen molar-refractivity contribution < 1.29 is 14.3 Å². The second-order valence-electron chi connectivity index (χ2n) is 7.16. The molecule has 1 aliphatic heterocycles. The van der Waals surface area contributed by atoms with E-state index in [1.165, 1.54) is 0 Å². The predicted molar refractivity (Wildman–Crippen MR) is 92.2 cm³/mol. The Morgan fingerprint density at radius 3 is 2.75 bits per heavy atom. The molecular formula is C17H30N4O3. The highest BCUT2D eigenvalue weighted by molar-refractivity contribution is 5.68. The third-order valence-electron chi connectivity index (χ3n) is 4.32. The van der Waals surface area contributed by atoms with Crippen molar-refractivity contribution in [2.24, 2.45) is 5.92 Å². The van der Waals surface area contributed by atoms with Crippen molar-refractivity contribution in [3.05, 3.63) is 11.9 Å². The van der Waals surface area contributed by atoms with Crippen LogP contribution >= 0.6 is 0 Å². The minimum Gasteiger partial charge on any atom is -0.493 e. The Hall–Kier alpha value is -1.76. The van der Waals surface area contributed by atoms with Gasteiger partial charge in [-0.15, -0.1) is 0 Å². The van der Waals surface area contributed by atoms with Crippen LogP contribution in [0.2, 0.25) is 0 Å². The number of ether oxygens (including phenoxy) is 2. The van der Waals surface area contributed by atoms with Gasteiger partial charge in [0.15, 0.2) is 5.75 Å². The smallest absolute Gasteiger partial charge is 0.410 e. The second kappa shape index (κ2) is 7.42. The zero-order valence-corrected chi connectivity index (χ0v) is 15.6. The number of carbonyl (C=O) groups is 1. The Balaban J connectivity index is 2.13. The number of aromatic nitrogens is 2. The van der Waals surface area contributed by atoms with Crippen molar-refractivity contribution in [3.8, 4) is 5.75 Å². The molecule has 2 unspecified atom stereocenters. The molecular weight excluding hydrogens is 308 g/mol. The van der Waals surface area contributed by atoms with Crippen LogP contribution in [0.1, 0.15) is 45.9 Å². The predicted octanol–water partition coefficient (Wildman–Crippen LogP) is 2.43. The molecule has 1 N–H and O–H groups in total. The van der Waals surface area contributed by atoms with E-state index >= 15 is 0 Å². The highest BCUT2D eigenvalue weighted by atomic mass is 16.6. The fourth-order valence-corrected chi connectivity index (χ4v) is 3.25. The minimum atomic E-state index is -0.471. The molecule has 1 fully saturated rings. The van der Waals surface area contributed by atoms with Crippen LogP contribution in [0.5, 0.6) is 5.75 Å². The molecule has 1 saturated heterocycles. The molecule has 1 aliphatic rings. The summed E-state index contributed by atoms with van der Waals surface area (Å²) in [6, 6.07) is 0.0786. The van der Waals surface area contributed by atoms with Gasteiger partial charge in [0.25, 0.3) is 0 Å². The van der Waals surface area contributed by atoms with Gasteiger partial charge >= 0.3 is 6.09 Å². The molecule has 0 aromatic carbocycles. The summed E-state index contributed by atoms with van der Waals surface area (Å²) in [6.07, 6.45) is 2.43. The number of amides is 1. The Morgan fingerprint density at radius 1 is 1.50 bits per heavy atom. The van der Waals surface area contributed by atoms with Crippen molar-refractivity contribution in [2.75, 3.05) is 27.2 Å². The maximum atomic E-state index is 12.3. The summed E-state index contributed by atoms with van der Waals surface area (Å²) in [6.45, 7) is 9.88. The van der Waals surface area contributed by atoms with Crippen molar-refractivity contribution in [1.82, 2.24) is 20.0 Å². The van der Waals surface area contributed by atoms with Crippen LogP contribution in [0.4, 0.5) is 4.79 Å². The molecule has 24 heavy (non-hydrogen) atoms. The molecule has 7 heteroatoms. The van der Waals surface area contributed by atoms with Crippen LogP contribution < -0.4 is 10.1 Å². The largest absolute Gasteiger partial charge is 0.493 e. The van der Waals surface area contributed by atoms with Gasteiger partial charge < -0.3 is 19.7 Å². The van der Waals surface area contributed by atoms with Crippen molar-refractivity contribution in [1.29, 1.82) is 0 Å². The van der Waals surface area contributed by atoms with E-state index in [1.54, 1.807) is 18.2 Å². The van der Waals surface area contributed by atoms with Crippen molar-refractivity contribution in [3.63, 3.8) is 0 Å². The van der Waals surface area contributed by atoms with Crippen molar-refractivity contribution in [2.45, 2.75) is 52.3 Å². The molecule has 0 aliphatic carbocycles. The van der Waals surface area contributed by atoms with Gasteiger partial charge in [-0.3, -0.25) is 4.68 Å². The number of hydrogen-bond acceptors (Lipinski definition) is 5. The number of nitrogens with zero attached hydrogens (tertiary/aromatic N) is 3. The van der Waals surface area contributed by atoms with Crippen LogP contribution in [0.3, 0.4) is 0 Å². The summed E-state index contributed by atoms with van der Waals surface area (Å²) in [4.78, 5) is 14.1. The lowest BCUT2D eigenvalue weighted by Crippen LogP contribution is -2.36. The molecule has 1 aromatic rings. The third kappa shape index (κ3) is 4.01. The fraction of sp³-hybridized carbons (Fsp3) is 0.765. The van der Waals surface area contributed by atoms with Gasteiger partial charge in [0, 0.05) is 19.6 Å². The first-order valence-electron chi connectivity index (χ1n) is 8.55. The zero-order valence-electron chi connectivity index (χ0n) is 15.6. The van der Waals surface area contributed by atoms with Crippen LogP contribution in [-0.2, 0) is 11.3 Å². The van der Waals surface area contributed by atoms with Gasteiger partial charge in [0.2, 0.25) is 0 Å². The van der Waals surface area contributed by atoms with Crippen LogP contribution in [0.15, 0.2) is 6.20 Å². The summed E-state index contributed by atoms with van der Waals surface area (Å²) in [5, 5.41) is 7.78. The van der Waals surface area contributed by atoms with Gasteiger partial charge in [-0.2, -0.15) is 5.10 Å². The van der Waals surface area contributed by atoms with Crippen LogP contribution in [0, 0.1) is 5.92 Å². The highest BCUT2D eigenvalue weighted by Gasteiger charge is 2.36. The fourth-order valence-electron chi connectivity index (χ4n) is 3.25. The molecule has 2 atom stereocenters. The van der Waals surface area contributed by atoms with Crippen LogP contribution in [0.25, 0.3) is 0 Å². The van der Waals surface area contributed by atoms with E-state index in [9.17, 15) is 4.79 Å². The van der Waals surface area contributed by atoms with E-state index in [0.29, 0.717) is 19.0 Å². The van der Waals surface area contributed by atoms with E-state index in [-0.39, 0.29) is 12.1 Å². The average molecular weight is 338 g/mol. The van der Waals surface area contributed by atoms with Crippen LogP contribution in [-0.4, -0.2) is 53.6 Å². The molecule has 0 saturated carbocycles. The summed E-state index contributed by atoms with van der Waals surface area (Å²) in [5.41, 5.74) is 0.570. The number of hydrogen-bond donors (Lipinski definition) is 1. The Morgan fingerprint density at radius 2 is 2.21 bits per heavy atom. The minimum absolute atomic E-state index is 0.0786.